The topological polar surface area (TPSA) is 222 Å². The molecule has 2 fully saturated rings. The molecule has 16 nitrogen and oxygen atoms in total. The summed E-state index contributed by atoms with van der Waals surface area (Å²) in [6, 6.07) is 4.03. The lowest BCUT2D eigenvalue weighted by molar-refractivity contribution is -0.190. The molecule has 7 unspecified atom stereocenters. The quantitative estimate of drug-likeness (QED) is 0.0512. The van der Waals surface area contributed by atoms with Crippen LogP contribution in [0.15, 0.2) is 42.0 Å². The Bertz CT molecular complexity index is 1820. The van der Waals surface area contributed by atoms with Gasteiger partial charge in [-0.2, -0.15) is 0 Å². The highest BCUT2D eigenvalue weighted by Crippen LogP contribution is 2.43. The van der Waals surface area contributed by atoms with Crippen LogP contribution in [0, 0.1) is 5.41 Å². The van der Waals surface area contributed by atoms with E-state index in [0.29, 0.717) is 18.4 Å². The minimum absolute atomic E-state index is 0.0527. The molecule has 1 aliphatic carbocycles. The van der Waals surface area contributed by atoms with Gasteiger partial charge in [-0.05, 0) is 76.8 Å². The molecule has 0 bridgehead atoms. The van der Waals surface area contributed by atoms with Crippen molar-refractivity contribution in [3.63, 3.8) is 0 Å². The molecule has 0 saturated carbocycles. The van der Waals surface area contributed by atoms with Crippen LogP contribution in [0.2, 0.25) is 0 Å². The number of aliphatic hydroxyl groups is 2. The van der Waals surface area contributed by atoms with E-state index in [-0.39, 0.29) is 37.0 Å². The van der Waals surface area contributed by atoms with Crippen LogP contribution in [-0.2, 0) is 52.4 Å². The van der Waals surface area contributed by atoms with Gasteiger partial charge in [0.05, 0.1) is 24.3 Å². The molecule has 16 heteroatoms. The van der Waals surface area contributed by atoms with Crippen LogP contribution in [0.25, 0.3) is 6.08 Å². The second-order valence-corrected chi connectivity index (χ2v) is 18.4. The molecule has 0 radical (unpaired) electrons. The Morgan fingerprint density at radius 2 is 1.67 bits per heavy atom. The van der Waals surface area contributed by atoms with Gasteiger partial charge >= 0.3 is 23.9 Å². The summed E-state index contributed by atoms with van der Waals surface area (Å²) in [5, 5.41) is 25.9. The van der Waals surface area contributed by atoms with Crippen molar-refractivity contribution in [1.29, 1.82) is 0 Å². The lowest BCUT2D eigenvalue weighted by Gasteiger charge is -2.32. The summed E-state index contributed by atoms with van der Waals surface area (Å²) in [6.45, 7) is 13.9. The van der Waals surface area contributed by atoms with Crippen molar-refractivity contribution in [1.82, 2.24) is 10.6 Å². The number of hydrogen-bond acceptors (Lipinski definition) is 14. The molecular formula is C47H68N2O14. The molecule has 0 spiro atoms. The minimum atomic E-state index is -1.46. The van der Waals surface area contributed by atoms with Gasteiger partial charge in [0.25, 0.3) is 0 Å². The zero-order chi connectivity index (χ0) is 46.5. The summed E-state index contributed by atoms with van der Waals surface area (Å²) in [7, 11) is 0. The van der Waals surface area contributed by atoms with Gasteiger partial charge in [-0.3, -0.25) is 14.4 Å². The Hall–Kier alpha value is -4.64. The number of ether oxygens (including phenoxy) is 6. The third kappa shape index (κ3) is 15.0. The van der Waals surface area contributed by atoms with E-state index in [1.54, 1.807) is 58.9 Å². The summed E-state index contributed by atoms with van der Waals surface area (Å²) >= 11 is 0. The molecule has 3 aliphatic rings. The van der Waals surface area contributed by atoms with E-state index in [0.717, 1.165) is 44.6 Å². The number of fused-ring (bicyclic) bond motifs is 1. The molecule has 2 aliphatic heterocycles. The van der Waals surface area contributed by atoms with Gasteiger partial charge in [-0.25, -0.2) is 14.4 Å². The molecule has 0 aromatic heterocycles. The van der Waals surface area contributed by atoms with E-state index < -0.39 is 102 Å². The van der Waals surface area contributed by atoms with Crippen molar-refractivity contribution >= 4 is 41.8 Å². The first-order valence-corrected chi connectivity index (χ1v) is 22.2. The van der Waals surface area contributed by atoms with Crippen molar-refractivity contribution in [2.45, 2.75) is 180 Å². The number of carbonyl (C=O) groups is 6. The van der Waals surface area contributed by atoms with Crippen molar-refractivity contribution in [2.75, 3.05) is 13.2 Å². The second kappa shape index (κ2) is 22.8. The number of nitrogens with one attached hydrogen (secondary N) is 2. The molecule has 2 heterocycles. The number of hydrogen-bond donors (Lipinski definition) is 4. The van der Waals surface area contributed by atoms with E-state index in [4.69, 9.17) is 28.4 Å². The number of cyclic esters (lactones) is 1. The number of amides is 2. The van der Waals surface area contributed by atoms with E-state index in [2.05, 4.69) is 24.5 Å². The van der Waals surface area contributed by atoms with Crippen LogP contribution in [0.3, 0.4) is 0 Å². The third-order valence-corrected chi connectivity index (χ3v) is 11.1. The average Bonchev–Trinajstić information content (AvgIpc) is 3.71. The first-order chi connectivity index (χ1) is 29.7. The fourth-order valence-electron chi connectivity index (χ4n) is 7.65. The van der Waals surface area contributed by atoms with Crippen LogP contribution in [0.1, 0.15) is 142 Å². The number of benzene rings is 1. The summed E-state index contributed by atoms with van der Waals surface area (Å²) in [5.74, 6) is -5.09. The molecule has 2 saturated heterocycles. The summed E-state index contributed by atoms with van der Waals surface area (Å²) in [4.78, 5) is 78.5. The van der Waals surface area contributed by atoms with Crippen molar-refractivity contribution in [3.8, 4) is 0 Å². The second-order valence-electron chi connectivity index (χ2n) is 18.4. The van der Waals surface area contributed by atoms with E-state index >= 15 is 0 Å². The lowest BCUT2D eigenvalue weighted by atomic mass is 9.90. The van der Waals surface area contributed by atoms with Crippen molar-refractivity contribution in [3.05, 3.63) is 53.1 Å². The lowest BCUT2D eigenvalue weighted by Crippen LogP contribution is -2.55. The van der Waals surface area contributed by atoms with Gasteiger partial charge < -0.3 is 49.3 Å². The maximum absolute atomic E-state index is 14.0. The maximum atomic E-state index is 14.0. The first kappa shape index (κ1) is 51.0. The predicted octanol–water partition coefficient (Wildman–Crippen LogP) is 5.16. The number of rotatable bonds is 22. The highest BCUT2D eigenvalue weighted by atomic mass is 16.8. The van der Waals surface area contributed by atoms with Gasteiger partial charge in [0.1, 0.15) is 36.6 Å². The van der Waals surface area contributed by atoms with Crippen LogP contribution < -0.4 is 10.6 Å². The highest BCUT2D eigenvalue weighted by Gasteiger charge is 2.53. The van der Waals surface area contributed by atoms with Crippen LogP contribution in [0.5, 0.6) is 0 Å². The van der Waals surface area contributed by atoms with Crippen LogP contribution >= 0.6 is 0 Å². The Balaban J connectivity index is 1.54. The zero-order valence-corrected chi connectivity index (χ0v) is 38.1. The Labute approximate surface area is 370 Å². The number of carbonyl (C=O) groups excluding carboxylic acids is 6. The fraction of sp³-hybridized carbons (Fsp3) is 0.660. The van der Waals surface area contributed by atoms with Crippen LogP contribution in [0.4, 0.5) is 0 Å². The zero-order valence-electron chi connectivity index (χ0n) is 38.1. The fourth-order valence-corrected chi connectivity index (χ4v) is 7.65. The van der Waals surface area contributed by atoms with Gasteiger partial charge in [-0.1, -0.05) is 65.5 Å². The standard InChI is InChI=1S/C47H68N2O14/c1-9-11-13-22-47(23-14-12-10-2)61-35-26-32(41(54)49-38(29(3)51)42(55)48-33(27-50)19-21-37(53)62-45(4,5)6)25-34(39(35)63-47)59-43(56)31-17-15-16-30(24-31)18-20-36(52)60-40-44(57)58-28-46(40,7)8/h15-18,20,24,26,29,33-35,38-40,50-51H,9-14,19,21-23,25,27-28H2,1-8H3,(H,48,55)(H,49,54). The number of aliphatic hydroxyl groups excluding tert-OH is 2. The molecular weight excluding hydrogens is 817 g/mol. The molecule has 4 N–H and O–H groups in total. The number of unbranched alkanes of at least 4 members (excludes halogenated alkanes) is 4. The van der Waals surface area contributed by atoms with E-state index in [1.807, 2.05) is 0 Å². The third-order valence-electron chi connectivity index (χ3n) is 11.1. The average molecular weight is 885 g/mol. The predicted molar refractivity (Wildman–Crippen MR) is 230 cm³/mol. The molecule has 4 rings (SSSR count). The van der Waals surface area contributed by atoms with Gasteiger partial charge in [-0.15, -0.1) is 0 Å². The molecule has 7 atom stereocenters. The van der Waals surface area contributed by atoms with Gasteiger partial charge in [0, 0.05) is 42.7 Å². The van der Waals surface area contributed by atoms with E-state index in [1.165, 1.54) is 19.1 Å². The SMILES string of the molecule is CCCCCC1(CCCCC)OC2C=C(C(=O)NC(C(=O)NC(CO)CCC(=O)OC(C)(C)C)C(C)O)CC(OC(=O)c3cccc(C=CC(=O)OC4C(=O)OCC4(C)C)c3)C2O1. The number of esters is 4. The highest BCUT2D eigenvalue weighted by molar-refractivity contribution is 5.98. The molecule has 2 amide bonds. The Morgan fingerprint density at radius 3 is 2.25 bits per heavy atom. The molecule has 1 aromatic carbocycles. The molecule has 1 aromatic rings. The van der Waals surface area contributed by atoms with E-state index in [9.17, 15) is 39.0 Å². The molecule has 350 valence electrons. The maximum Gasteiger partial charge on any atom is 0.348 e. The van der Waals surface area contributed by atoms with Gasteiger partial charge in [0.2, 0.25) is 17.9 Å². The van der Waals surface area contributed by atoms with Gasteiger partial charge in [0.15, 0.2) is 5.79 Å². The Kier molecular flexibility index (Phi) is 18.5. The van der Waals surface area contributed by atoms with Crippen molar-refractivity contribution in [2.24, 2.45) is 5.41 Å². The van der Waals surface area contributed by atoms with Crippen LogP contribution in [-0.4, -0.2) is 113 Å². The summed E-state index contributed by atoms with van der Waals surface area (Å²) in [5.41, 5.74) is -0.631. The first-order valence-electron chi connectivity index (χ1n) is 22.2. The monoisotopic (exact) mass is 884 g/mol. The summed E-state index contributed by atoms with van der Waals surface area (Å²) in [6.07, 6.45) is 5.78. The summed E-state index contributed by atoms with van der Waals surface area (Å²) < 4.78 is 35.3. The largest absolute Gasteiger partial charge is 0.462 e. The molecule has 63 heavy (non-hydrogen) atoms. The Morgan fingerprint density at radius 1 is 0.984 bits per heavy atom. The normalized spacial score (nSPS) is 22.8. The minimum Gasteiger partial charge on any atom is -0.462 e. The van der Waals surface area contributed by atoms with Crippen molar-refractivity contribution < 1.29 is 67.4 Å². The smallest absolute Gasteiger partial charge is 0.348 e.